The molecular formula is C46H32N2. The second-order valence-electron chi connectivity index (χ2n) is 12.4. The number of rotatable bonds is 5. The molecule has 2 aromatic heterocycles. The van der Waals surface area contributed by atoms with Crippen LogP contribution in [0.4, 0.5) is 0 Å². The number of benzene rings is 7. The van der Waals surface area contributed by atoms with Crippen LogP contribution in [0.2, 0.25) is 0 Å². The zero-order valence-electron chi connectivity index (χ0n) is 26.7. The minimum Gasteiger partial charge on any atom is -0.255 e. The van der Waals surface area contributed by atoms with Crippen molar-refractivity contribution in [3.63, 3.8) is 0 Å². The molecule has 2 nitrogen and oxygen atoms in total. The van der Waals surface area contributed by atoms with Crippen LogP contribution in [0.3, 0.4) is 0 Å². The molecule has 0 saturated carbocycles. The summed E-state index contributed by atoms with van der Waals surface area (Å²) in [4.78, 5) is 9.44. The van der Waals surface area contributed by atoms with E-state index in [1.54, 1.807) is 0 Å². The predicted octanol–water partition coefficient (Wildman–Crippen LogP) is 12.3. The lowest BCUT2D eigenvalue weighted by Crippen LogP contribution is -1.94. The van der Waals surface area contributed by atoms with Gasteiger partial charge in [0.1, 0.15) is 0 Å². The third kappa shape index (κ3) is 4.57. The minimum absolute atomic E-state index is 0.869. The summed E-state index contributed by atoms with van der Waals surface area (Å²) in [5.74, 6) is 0. The molecule has 0 bridgehead atoms. The molecule has 0 aliphatic rings. The fourth-order valence-corrected chi connectivity index (χ4v) is 7.48. The highest BCUT2D eigenvalue weighted by Crippen LogP contribution is 2.47. The normalized spacial score (nSPS) is 11.5. The fraction of sp³-hybridized carbons (Fsp3) is 0.0435. The summed E-state index contributed by atoms with van der Waals surface area (Å²) in [5, 5.41) is 9.98. The van der Waals surface area contributed by atoms with Gasteiger partial charge in [-0.15, -0.1) is 0 Å². The van der Waals surface area contributed by atoms with Crippen LogP contribution in [0.5, 0.6) is 0 Å². The van der Waals surface area contributed by atoms with Gasteiger partial charge < -0.3 is 0 Å². The van der Waals surface area contributed by atoms with Crippen LogP contribution in [0.25, 0.3) is 87.9 Å². The van der Waals surface area contributed by atoms with E-state index in [0.29, 0.717) is 0 Å². The molecule has 2 heterocycles. The van der Waals surface area contributed by atoms with E-state index in [9.17, 15) is 0 Å². The number of aryl methyl sites for hydroxylation is 1. The summed E-state index contributed by atoms with van der Waals surface area (Å²) in [6, 6.07) is 55.1. The first kappa shape index (κ1) is 28.1. The Labute approximate surface area is 280 Å². The van der Waals surface area contributed by atoms with Crippen molar-refractivity contribution in [1.29, 1.82) is 0 Å². The van der Waals surface area contributed by atoms with E-state index in [1.807, 2.05) is 36.7 Å². The lowest BCUT2D eigenvalue weighted by atomic mass is 9.83. The average Bonchev–Trinajstić information content (AvgIpc) is 3.16. The summed E-state index contributed by atoms with van der Waals surface area (Å²) < 4.78 is 0. The van der Waals surface area contributed by atoms with Gasteiger partial charge in [0.2, 0.25) is 0 Å². The molecule has 0 radical (unpaired) electrons. The maximum atomic E-state index is 4.80. The van der Waals surface area contributed by atoms with Crippen molar-refractivity contribution >= 4 is 43.1 Å². The topological polar surface area (TPSA) is 25.8 Å². The number of fused-ring (bicyclic) bond motifs is 4. The smallest absolute Gasteiger partial charge is 0.0964 e. The average molecular weight is 613 g/mol. The number of hydrogen-bond acceptors (Lipinski definition) is 2. The Bertz CT molecular complexity index is 2600. The van der Waals surface area contributed by atoms with Gasteiger partial charge in [-0.1, -0.05) is 134 Å². The Balaban J connectivity index is 1.31. The molecule has 9 rings (SSSR count). The molecule has 0 aliphatic heterocycles. The van der Waals surface area contributed by atoms with Crippen LogP contribution in [-0.2, 0) is 6.42 Å². The van der Waals surface area contributed by atoms with Crippen LogP contribution in [-0.4, -0.2) is 9.97 Å². The van der Waals surface area contributed by atoms with E-state index in [1.165, 1.54) is 70.9 Å². The van der Waals surface area contributed by atoms with Crippen LogP contribution >= 0.6 is 0 Å². The van der Waals surface area contributed by atoms with Crippen LogP contribution < -0.4 is 0 Å². The predicted molar refractivity (Wildman–Crippen MR) is 203 cm³/mol. The van der Waals surface area contributed by atoms with E-state index in [4.69, 9.17) is 4.98 Å². The number of nitrogens with zero attached hydrogens (tertiary/aromatic N) is 2. The monoisotopic (exact) mass is 612 g/mol. The van der Waals surface area contributed by atoms with Crippen LogP contribution in [0.1, 0.15) is 12.5 Å². The van der Waals surface area contributed by atoms with Gasteiger partial charge in [-0.3, -0.25) is 9.97 Å². The summed E-state index contributed by atoms with van der Waals surface area (Å²) in [6.07, 6.45) is 4.72. The Morgan fingerprint density at radius 1 is 0.417 bits per heavy atom. The van der Waals surface area contributed by atoms with Crippen molar-refractivity contribution < 1.29 is 0 Å². The molecule has 9 aromatic rings. The van der Waals surface area contributed by atoms with Crippen molar-refractivity contribution in [3.8, 4) is 44.8 Å². The molecular weight excluding hydrogens is 581 g/mol. The van der Waals surface area contributed by atoms with Gasteiger partial charge in [-0.05, 0) is 107 Å². The second kappa shape index (κ2) is 11.6. The zero-order chi connectivity index (χ0) is 32.0. The molecule has 0 spiro atoms. The molecule has 0 unspecified atom stereocenters. The van der Waals surface area contributed by atoms with Crippen LogP contribution in [0, 0.1) is 0 Å². The van der Waals surface area contributed by atoms with Crippen molar-refractivity contribution in [2.24, 2.45) is 0 Å². The lowest BCUT2D eigenvalue weighted by molar-refractivity contribution is 1.15. The second-order valence-corrected chi connectivity index (χ2v) is 12.4. The number of aromatic nitrogens is 2. The standard InChI is InChI=1S/C46H32N2/c1-2-30-20-21-32-29-33(23-22-31(32)28-30)44-37-14-5-7-16-39(37)45(40-17-8-6-15-38(40)44)41-25-24-36(34-12-3-4-13-35(34)41)42-18-11-27-48-46(42)43-19-9-10-26-47-43/h3-29H,2H2,1H3. The highest BCUT2D eigenvalue weighted by atomic mass is 14.8. The third-order valence-electron chi connectivity index (χ3n) is 9.73. The lowest BCUT2D eigenvalue weighted by Gasteiger charge is -2.20. The first-order valence-electron chi connectivity index (χ1n) is 16.6. The maximum Gasteiger partial charge on any atom is 0.0964 e. The van der Waals surface area contributed by atoms with Gasteiger partial charge in [0, 0.05) is 18.0 Å². The van der Waals surface area contributed by atoms with Crippen molar-refractivity contribution in [3.05, 3.63) is 170 Å². The summed E-state index contributed by atoms with van der Waals surface area (Å²) in [5.41, 5.74) is 10.4. The molecule has 0 atom stereocenters. The van der Waals surface area contributed by atoms with Crippen LogP contribution in [0.15, 0.2) is 164 Å². The third-order valence-corrected chi connectivity index (χ3v) is 9.73. The molecule has 226 valence electrons. The summed E-state index contributed by atoms with van der Waals surface area (Å²) in [6.45, 7) is 2.21. The molecule has 0 fully saturated rings. The molecule has 7 aromatic carbocycles. The largest absolute Gasteiger partial charge is 0.255 e. The molecule has 0 aliphatic carbocycles. The highest BCUT2D eigenvalue weighted by molar-refractivity contribution is 6.24. The van der Waals surface area contributed by atoms with Gasteiger partial charge in [0.25, 0.3) is 0 Å². The Hall–Kier alpha value is -6.12. The first-order chi connectivity index (χ1) is 23.8. The quantitative estimate of drug-likeness (QED) is 0.181. The number of pyridine rings is 2. The number of hydrogen-bond donors (Lipinski definition) is 0. The zero-order valence-corrected chi connectivity index (χ0v) is 26.7. The van der Waals surface area contributed by atoms with Gasteiger partial charge in [-0.2, -0.15) is 0 Å². The van der Waals surface area contributed by atoms with Crippen molar-refractivity contribution in [2.75, 3.05) is 0 Å². The minimum atomic E-state index is 0.869. The van der Waals surface area contributed by atoms with Crippen molar-refractivity contribution in [2.45, 2.75) is 13.3 Å². The molecule has 48 heavy (non-hydrogen) atoms. The Morgan fingerprint density at radius 3 is 1.69 bits per heavy atom. The maximum absolute atomic E-state index is 4.80. The van der Waals surface area contributed by atoms with E-state index >= 15 is 0 Å². The van der Waals surface area contributed by atoms with Gasteiger partial charge in [0.05, 0.1) is 11.4 Å². The SMILES string of the molecule is CCc1ccc2cc(-c3c4ccccc4c(-c4ccc(-c5cccnc5-c5ccccn5)c5ccccc45)c4ccccc34)ccc2c1. The van der Waals surface area contributed by atoms with Gasteiger partial charge in [-0.25, -0.2) is 0 Å². The van der Waals surface area contributed by atoms with Crippen molar-refractivity contribution in [1.82, 2.24) is 9.97 Å². The van der Waals surface area contributed by atoms with Gasteiger partial charge >= 0.3 is 0 Å². The molecule has 0 N–H and O–H groups in total. The van der Waals surface area contributed by atoms with E-state index < -0.39 is 0 Å². The molecule has 0 amide bonds. The Morgan fingerprint density at radius 2 is 1.00 bits per heavy atom. The summed E-state index contributed by atoms with van der Waals surface area (Å²) in [7, 11) is 0. The molecule has 2 heteroatoms. The summed E-state index contributed by atoms with van der Waals surface area (Å²) >= 11 is 0. The highest BCUT2D eigenvalue weighted by Gasteiger charge is 2.20. The Kier molecular flexibility index (Phi) is 6.80. The fourth-order valence-electron chi connectivity index (χ4n) is 7.48. The molecule has 0 saturated heterocycles. The van der Waals surface area contributed by atoms with E-state index in [-0.39, 0.29) is 0 Å². The van der Waals surface area contributed by atoms with E-state index in [0.717, 1.165) is 28.9 Å². The van der Waals surface area contributed by atoms with E-state index in [2.05, 4.69) is 139 Å². The first-order valence-corrected chi connectivity index (χ1v) is 16.6. The van der Waals surface area contributed by atoms with Gasteiger partial charge in [0.15, 0.2) is 0 Å².